The lowest BCUT2D eigenvalue weighted by Gasteiger charge is -2.18. The number of amides is 1. The molecule has 5 heteroatoms. The maximum absolute atomic E-state index is 12.7. The number of carbonyl (C=O) groups is 1. The highest BCUT2D eigenvalue weighted by Gasteiger charge is 2.17. The Balaban J connectivity index is 1.55. The largest absolute Gasteiger partial charge is 0.493 e. The van der Waals surface area contributed by atoms with Crippen molar-refractivity contribution in [3.05, 3.63) is 64.6 Å². The summed E-state index contributed by atoms with van der Waals surface area (Å²) in [6, 6.07) is 10.1. The Kier molecular flexibility index (Phi) is 3.92. The standard InChI is InChI=1S/C20H21N3O2/c1-13-5-8-18-22-14(2)19(23(18)12-13)20(24)21-11-15-6-7-16-4-3-9-25-17(16)10-15/h5-8,10,12H,3-4,9,11H2,1-2H3,(H,21,24). The van der Waals surface area contributed by atoms with Gasteiger partial charge in [-0.05, 0) is 55.5 Å². The van der Waals surface area contributed by atoms with E-state index < -0.39 is 0 Å². The molecule has 25 heavy (non-hydrogen) atoms. The molecule has 128 valence electrons. The summed E-state index contributed by atoms with van der Waals surface area (Å²) in [7, 11) is 0. The molecule has 1 aromatic carbocycles. The third kappa shape index (κ3) is 2.97. The van der Waals surface area contributed by atoms with E-state index in [0.717, 1.165) is 47.7 Å². The number of carbonyl (C=O) groups excluding carboxylic acids is 1. The van der Waals surface area contributed by atoms with Crippen LogP contribution in [-0.4, -0.2) is 21.9 Å². The van der Waals surface area contributed by atoms with Crippen LogP contribution in [0.5, 0.6) is 5.75 Å². The van der Waals surface area contributed by atoms with E-state index in [1.165, 1.54) is 5.56 Å². The van der Waals surface area contributed by atoms with Crippen molar-refractivity contribution < 1.29 is 9.53 Å². The number of benzene rings is 1. The molecule has 1 amide bonds. The molecule has 4 rings (SSSR count). The summed E-state index contributed by atoms with van der Waals surface area (Å²) in [5.74, 6) is 0.828. The first kappa shape index (κ1) is 15.7. The van der Waals surface area contributed by atoms with Crippen molar-refractivity contribution in [3.63, 3.8) is 0 Å². The van der Waals surface area contributed by atoms with Crippen LogP contribution in [0.15, 0.2) is 36.5 Å². The Labute approximate surface area is 146 Å². The molecular weight excluding hydrogens is 314 g/mol. The third-order valence-electron chi connectivity index (χ3n) is 4.59. The van der Waals surface area contributed by atoms with Gasteiger partial charge in [-0.3, -0.25) is 9.20 Å². The van der Waals surface area contributed by atoms with Crippen LogP contribution < -0.4 is 10.1 Å². The topological polar surface area (TPSA) is 55.6 Å². The zero-order valence-corrected chi connectivity index (χ0v) is 14.5. The summed E-state index contributed by atoms with van der Waals surface area (Å²) in [4.78, 5) is 17.2. The summed E-state index contributed by atoms with van der Waals surface area (Å²) < 4.78 is 7.56. The molecule has 0 radical (unpaired) electrons. The van der Waals surface area contributed by atoms with Crippen LogP contribution in [0.4, 0.5) is 0 Å². The minimum Gasteiger partial charge on any atom is -0.493 e. The molecule has 0 saturated carbocycles. The fraction of sp³-hybridized carbons (Fsp3) is 0.300. The average Bonchev–Trinajstić information content (AvgIpc) is 2.94. The van der Waals surface area contributed by atoms with Gasteiger partial charge in [0.2, 0.25) is 0 Å². The van der Waals surface area contributed by atoms with Crippen LogP contribution in [0.3, 0.4) is 0 Å². The summed E-state index contributed by atoms with van der Waals surface area (Å²) in [5.41, 5.74) is 5.48. The van der Waals surface area contributed by atoms with Crippen molar-refractivity contribution in [3.8, 4) is 5.75 Å². The lowest BCUT2D eigenvalue weighted by molar-refractivity contribution is 0.0944. The molecule has 5 nitrogen and oxygen atoms in total. The van der Waals surface area contributed by atoms with E-state index >= 15 is 0 Å². The first-order chi connectivity index (χ1) is 12.1. The number of ether oxygens (including phenoxy) is 1. The number of nitrogens with zero attached hydrogens (tertiary/aromatic N) is 2. The minimum absolute atomic E-state index is 0.116. The molecular formula is C20H21N3O2. The molecule has 0 spiro atoms. The number of aryl methyl sites for hydroxylation is 3. The Morgan fingerprint density at radius 3 is 3.04 bits per heavy atom. The van der Waals surface area contributed by atoms with E-state index in [0.29, 0.717) is 12.2 Å². The van der Waals surface area contributed by atoms with E-state index in [1.54, 1.807) is 0 Å². The number of pyridine rings is 1. The summed E-state index contributed by atoms with van der Waals surface area (Å²) in [5, 5.41) is 3.01. The molecule has 1 N–H and O–H groups in total. The van der Waals surface area contributed by atoms with Gasteiger partial charge in [0.05, 0.1) is 12.3 Å². The van der Waals surface area contributed by atoms with Crippen LogP contribution in [0.25, 0.3) is 5.65 Å². The summed E-state index contributed by atoms with van der Waals surface area (Å²) >= 11 is 0. The highest BCUT2D eigenvalue weighted by Crippen LogP contribution is 2.25. The van der Waals surface area contributed by atoms with E-state index in [9.17, 15) is 4.79 Å². The van der Waals surface area contributed by atoms with Crippen LogP contribution in [-0.2, 0) is 13.0 Å². The van der Waals surface area contributed by atoms with Gasteiger partial charge in [-0.1, -0.05) is 18.2 Å². The highest BCUT2D eigenvalue weighted by atomic mass is 16.5. The molecule has 1 aliphatic rings. The minimum atomic E-state index is -0.116. The Morgan fingerprint density at radius 1 is 1.28 bits per heavy atom. The summed E-state index contributed by atoms with van der Waals surface area (Å²) in [6.45, 7) is 5.10. The predicted octanol–water partition coefficient (Wildman–Crippen LogP) is 3.21. The van der Waals surface area contributed by atoms with Crippen molar-refractivity contribution >= 4 is 11.6 Å². The van der Waals surface area contributed by atoms with E-state index in [1.807, 2.05) is 42.6 Å². The molecule has 0 unspecified atom stereocenters. The van der Waals surface area contributed by atoms with Crippen LogP contribution >= 0.6 is 0 Å². The quantitative estimate of drug-likeness (QED) is 0.800. The first-order valence-corrected chi connectivity index (χ1v) is 8.60. The highest BCUT2D eigenvalue weighted by molar-refractivity contribution is 5.94. The van der Waals surface area contributed by atoms with Gasteiger partial charge in [-0.25, -0.2) is 4.98 Å². The predicted molar refractivity (Wildman–Crippen MR) is 96.1 cm³/mol. The smallest absolute Gasteiger partial charge is 0.270 e. The van der Waals surface area contributed by atoms with Crippen LogP contribution in [0.1, 0.15) is 39.3 Å². The van der Waals surface area contributed by atoms with Gasteiger partial charge in [-0.2, -0.15) is 0 Å². The van der Waals surface area contributed by atoms with Gasteiger partial charge in [0.1, 0.15) is 17.1 Å². The van der Waals surface area contributed by atoms with Gasteiger partial charge in [0.15, 0.2) is 0 Å². The normalized spacial score (nSPS) is 13.4. The zero-order valence-electron chi connectivity index (χ0n) is 14.5. The maximum Gasteiger partial charge on any atom is 0.270 e. The number of hydrogen-bond acceptors (Lipinski definition) is 3. The van der Waals surface area contributed by atoms with Gasteiger partial charge in [-0.15, -0.1) is 0 Å². The number of nitrogens with one attached hydrogen (secondary N) is 1. The molecule has 2 aromatic heterocycles. The second kappa shape index (κ2) is 6.24. The fourth-order valence-corrected chi connectivity index (χ4v) is 3.30. The fourth-order valence-electron chi connectivity index (χ4n) is 3.30. The van der Waals surface area contributed by atoms with Gasteiger partial charge >= 0.3 is 0 Å². The van der Waals surface area contributed by atoms with Gasteiger partial charge in [0, 0.05) is 12.7 Å². The van der Waals surface area contributed by atoms with Gasteiger partial charge in [0.25, 0.3) is 5.91 Å². The number of imidazole rings is 1. The van der Waals surface area contributed by atoms with E-state index in [4.69, 9.17) is 4.74 Å². The molecule has 0 bridgehead atoms. The number of fused-ring (bicyclic) bond motifs is 2. The molecule has 0 aliphatic carbocycles. The number of aromatic nitrogens is 2. The molecule has 3 aromatic rings. The Morgan fingerprint density at radius 2 is 2.16 bits per heavy atom. The van der Waals surface area contributed by atoms with Crippen LogP contribution in [0, 0.1) is 13.8 Å². The van der Waals surface area contributed by atoms with Crippen molar-refractivity contribution in [2.24, 2.45) is 0 Å². The monoisotopic (exact) mass is 335 g/mol. The maximum atomic E-state index is 12.7. The Bertz CT molecular complexity index is 959. The number of rotatable bonds is 3. The molecule has 0 fully saturated rings. The average molecular weight is 335 g/mol. The summed E-state index contributed by atoms with van der Waals surface area (Å²) in [6.07, 6.45) is 4.06. The molecule has 1 aliphatic heterocycles. The lowest BCUT2D eigenvalue weighted by atomic mass is 10.0. The first-order valence-electron chi connectivity index (χ1n) is 8.60. The molecule has 3 heterocycles. The lowest BCUT2D eigenvalue weighted by Crippen LogP contribution is -2.25. The third-order valence-corrected chi connectivity index (χ3v) is 4.59. The van der Waals surface area contributed by atoms with Gasteiger partial charge < -0.3 is 10.1 Å². The second-order valence-electron chi connectivity index (χ2n) is 6.56. The zero-order chi connectivity index (χ0) is 17.4. The number of hydrogen-bond donors (Lipinski definition) is 1. The Hall–Kier alpha value is -2.82. The molecule has 0 saturated heterocycles. The van der Waals surface area contributed by atoms with Crippen LogP contribution in [0.2, 0.25) is 0 Å². The molecule has 0 atom stereocenters. The van der Waals surface area contributed by atoms with Crippen molar-refractivity contribution in [1.82, 2.24) is 14.7 Å². The van der Waals surface area contributed by atoms with E-state index in [2.05, 4.69) is 22.4 Å². The second-order valence-corrected chi connectivity index (χ2v) is 6.56. The van der Waals surface area contributed by atoms with E-state index in [-0.39, 0.29) is 5.91 Å². The van der Waals surface area contributed by atoms with Crippen molar-refractivity contribution in [1.29, 1.82) is 0 Å². The van der Waals surface area contributed by atoms with Crippen molar-refractivity contribution in [2.45, 2.75) is 33.2 Å². The van der Waals surface area contributed by atoms with Crippen molar-refractivity contribution in [2.75, 3.05) is 6.61 Å². The SMILES string of the molecule is Cc1ccc2nc(C)c(C(=O)NCc3ccc4c(c3)OCCC4)n2c1.